The number of amides is 2. The maximum Gasteiger partial charge on any atom is 0.261 e. The largest absolute Gasteiger partial charge is 0.497 e. The standard InChI is InChI=1S/C26H36N2O4/c1-7-19(4)27-26(30)23(8-2)28(16-21-12-14-22(31-6)15-13-21)25(29)17-32-24-11-9-10-18(3)20(24)5/h9-15,19,23H,7-8,16-17H2,1-6H3,(H,27,30)/t19-,23-/m1/s1. The normalized spacial score (nSPS) is 12.6. The Morgan fingerprint density at radius 2 is 1.72 bits per heavy atom. The fourth-order valence-electron chi connectivity index (χ4n) is 3.39. The third kappa shape index (κ3) is 6.74. The van der Waals surface area contributed by atoms with Gasteiger partial charge in [-0.05, 0) is 68.5 Å². The van der Waals surface area contributed by atoms with E-state index >= 15 is 0 Å². The molecule has 0 spiro atoms. The van der Waals surface area contributed by atoms with E-state index in [9.17, 15) is 9.59 Å². The molecule has 2 atom stereocenters. The first-order valence-corrected chi connectivity index (χ1v) is 11.2. The lowest BCUT2D eigenvalue weighted by Crippen LogP contribution is -2.51. The molecule has 2 rings (SSSR count). The summed E-state index contributed by atoms with van der Waals surface area (Å²) in [5.74, 6) is 1.05. The first-order chi connectivity index (χ1) is 15.3. The molecule has 2 aromatic carbocycles. The molecule has 0 unspecified atom stereocenters. The van der Waals surface area contributed by atoms with Gasteiger partial charge in [-0.15, -0.1) is 0 Å². The molecular weight excluding hydrogens is 404 g/mol. The number of ether oxygens (including phenoxy) is 2. The van der Waals surface area contributed by atoms with Crippen LogP contribution >= 0.6 is 0 Å². The molecule has 0 aliphatic rings. The minimum atomic E-state index is -0.583. The van der Waals surface area contributed by atoms with E-state index in [1.165, 1.54) is 0 Å². The van der Waals surface area contributed by atoms with Crippen molar-refractivity contribution in [1.29, 1.82) is 0 Å². The molecule has 0 aliphatic heterocycles. The fourth-order valence-corrected chi connectivity index (χ4v) is 3.39. The van der Waals surface area contributed by atoms with E-state index < -0.39 is 6.04 Å². The third-order valence-corrected chi connectivity index (χ3v) is 5.80. The number of aryl methyl sites for hydroxylation is 1. The van der Waals surface area contributed by atoms with E-state index in [0.717, 1.165) is 28.9 Å². The van der Waals surface area contributed by atoms with E-state index in [-0.39, 0.29) is 24.5 Å². The number of carbonyl (C=O) groups excluding carboxylic acids is 2. The van der Waals surface area contributed by atoms with E-state index in [1.54, 1.807) is 12.0 Å². The molecule has 0 heterocycles. The van der Waals surface area contributed by atoms with Gasteiger partial charge in [0.05, 0.1) is 7.11 Å². The average Bonchev–Trinajstić information content (AvgIpc) is 2.79. The molecular formula is C26H36N2O4. The van der Waals surface area contributed by atoms with Gasteiger partial charge in [0.2, 0.25) is 5.91 Å². The van der Waals surface area contributed by atoms with Gasteiger partial charge in [-0.25, -0.2) is 0 Å². The van der Waals surface area contributed by atoms with Crippen LogP contribution in [0.15, 0.2) is 42.5 Å². The van der Waals surface area contributed by atoms with Crippen molar-refractivity contribution in [2.45, 2.75) is 66.1 Å². The van der Waals surface area contributed by atoms with E-state index in [2.05, 4.69) is 5.32 Å². The van der Waals surface area contributed by atoms with Crippen LogP contribution in [0.2, 0.25) is 0 Å². The summed E-state index contributed by atoms with van der Waals surface area (Å²) in [7, 11) is 1.61. The van der Waals surface area contributed by atoms with E-state index in [1.807, 2.05) is 77.1 Å². The molecule has 0 radical (unpaired) electrons. The second-order valence-corrected chi connectivity index (χ2v) is 8.10. The Morgan fingerprint density at radius 1 is 1.03 bits per heavy atom. The molecule has 174 valence electrons. The van der Waals surface area contributed by atoms with Crippen LogP contribution in [0.25, 0.3) is 0 Å². The van der Waals surface area contributed by atoms with Gasteiger partial charge >= 0.3 is 0 Å². The van der Waals surface area contributed by atoms with Crippen LogP contribution in [0.3, 0.4) is 0 Å². The predicted octanol–water partition coefficient (Wildman–Crippen LogP) is 4.41. The van der Waals surface area contributed by atoms with Crippen molar-refractivity contribution >= 4 is 11.8 Å². The second-order valence-electron chi connectivity index (χ2n) is 8.10. The number of nitrogens with zero attached hydrogens (tertiary/aromatic N) is 1. The minimum absolute atomic E-state index is 0.0423. The molecule has 0 bridgehead atoms. The van der Waals surface area contributed by atoms with Crippen molar-refractivity contribution in [3.8, 4) is 11.5 Å². The van der Waals surface area contributed by atoms with Gasteiger partial charge in [-0.2, -0.15) is 0 Å². The van der Waals surface area contributed by atoms with Crippen LogP contribution in [0, 0.1) is 13.8 Å². The summed E-state index contributed by atoms with van der Waals surface area (Å²) in [6.07, 6.45) is 1.33. The summed E-state index contributed by atoms with van der Waals surface area (Å²) in [4.78, 5) is 27.9. The highest BCUT2D eigenvalue weighted by atomic mass is 16.5. The van der Waals surface area contributed by atoms with Crippen LogP contribution in [0.1, 0.15) is 50.3 Å². The average molecular weight is 441 g/mol. The molecule has 32 heavy (non-hydrogen) atoms. The Balaban J connectivity index is 2.24. The van der Waals surface area contributed by atoms with Crippen molar-refractivity contribution in [1.82, 2.24) is 10.2 Å². The summed E-state index contributed by atoms with van der Waals surface area (Å²) >= 11 is 0. The maximum absolute atomic E-state index is 13.3. The van der Waals surface area contributed by atoms with Crippen LogP contribution in [-0.2, 0) is 16.1 Å². The summed E-state index contributed by atoms with van der Waals surface area (Å²) < 4.78 is 11.1. The zero-order valence-electron chi connectivity index (χ0n) is 20.1. The summed E-state index contributed by atoms with van der Waals surface area (Å²) in [6, 6.07) is 12.7. The maximum atomic E-state index is 13.3. The fraction of sp³-hybridized carbons (Fsp3) is 0.462. The Kier molecular flexibility index (Phi) is 9.57. The lowest BCUT2D eigenvalue weighted by atomic mass is 10.1. The zero-order chi connectivity index (χ0) is 23.7. The summed E-state index contributed by atoms with van der Waals surface area (Å²) in [6.45, 7) is 10.1. The molecule has 0 aromatic heterocycles. The van der Waals surface area contributed by atoms with Crippen molar-refractivity contribution in [2.75, 3.05) is 13.7 Å². The van der Waals surface area contributed by atoms with Crippen LogP contribution in [-0.4, -0.2) is 42.5 Å². The lowest BCUT2D eigenvalue weighted by Gasteiger charge is -2.31. The minimum Gasteiger partial charge on any atom is -0.497 e. The van der Waals surface area contributed by atoms with Gasteiger partial charge in [0, 0.05) is 12.6 Å². The molecule has 0 saturated heterocycles. The highest BCUT2D eigenvalue weighted by Gasteiger charge is 2.29. The molecule has 2 aromatic rings. The highest BCUT2D eigenvalue weighted by Crippen LogP contribution is 2.21. The van der Waals surface area contributed by atoms with Crippen molar-refractivity contribution < 1.29 is 19.1 Å². The summed E-state index contributed by atoms with van der Waals surface area (Å²) in [5.41, 5.74) is 3.02. The number of hydrogen-bond acceptors (Lipinski definition) is 4. The van der Waals surface area contributed by atoms with Gasteiger partial charge in [-0.3, -0.25) is 9.59 Å². The van der Waals surface area contributed by atoms with Crippen LogP contribution in [0.5, 0.6) is 11.5 Å². The molecule has 6 heteroatoms. The Bertz CT molecular complexity index is 895. The number of benzene rings is 2. The smallest absolute Gasteiger partial charge is 0.261 e. The quantitative estimate of drug-likeness (QED) is 0.562. The van der Waals surface area contributed by atoms with Crippen molar-refractivity contribution in [3.63, 3.8) is 0 Å². The second kappa shape index (κ2) is 12.1. The first kappa shape index (κ1) is 25.2. The SMILES string of the molecule is CC[C@@H](C)NC(=O)[C@@H](CC)N(Cc1ccc(OC)cc1)C(=O)COc1cccc(C)c1C. The highest BCUT2D eigenvalue weighted by molar-refractivity contribution is 5.88. The molecule has 0 fully saturated rings. The van der Waals surface area contributed by atoms with Crippen molar-refractivity contribution in [3.05, 3.63) is 59.2 Å². The number of nitrogens with one attached hydrogen (secondary N) is 1. The monoisotopic (exact) mass is 440 g/mol. The number of hydrogen-bond donors (Lipinski definition) is 1. The summed E-state index contributed by atoms with van der Waals surface area (Å²) in [5, 5.41) is 3.02. The van der Waals surface area contributed by atoms with Gasteiger partial charge in [0.25, 0.3) is 5.91 Å². The number of rotatable bonds is 11. The topological polar surface area (TPSA) is 67.9 Å². The third-order valence-electron chi connectivity index (χ3n) is 5.80. The van der Waals surface area contributed by atoms with E-state index in [0.29, 0.717) is 18.7 Å². The van der Waals surface area contributed by atoms with E-state index in [4.69, 9.17) is 9.47 Å². The molecule has 0 aliphatic carbocycles. The predicted molar refractivity (Wildman–Crippen MR) is 127 cm³/mol. The van der Waals surface area contributed by atoms with Gasteiger partial charge in [-0.1, -0.05) is 38.1 Å². The first-order valence-electron chi connectivity index (χ1n) is 11.2. The molecule has 2 amide bonds. The molecule has 1 N–H and O–H groups in total. The molecule has 0 saturated carbocycles. The van der Waals surface area contributed by atoms with Crippen molar-refractivity contribution in [2.24, 2.45) is 0 Å². The number of methoxy groups -OCH3 is 1. The molecule has 6 nitrogen and oxygen atoms in total. The zero-order valence-corrected chi connectivity index (χ0v) is 20.1. The van der Waals surface area contributed by atoms with Gasteiger partial charge < -0.3 is 19.7 Å². The Labute approximate surface area is 191 Å². The lowest BCUT2D eigenvalue weighted by molar-refractivity contribution is -0.143. The van der Waals surface area contributed by atoms with Crippen LogP contribution in [0.4, 0.5) is 0 Å². The number of carbonyl (C=O) groups is 2. The van der Waals surface area contributed by atoms with Gasteiger partial charge in [0.1, 0.15) is 17.5 Å². The Hall–Kier alpha value is -3.02. The van der Waals surface area contributed by atoms with Gasteiger partial charge in [0.15, 0.2) is 6.61 Å². The Morgan fingerprint density at radius 3 is 2.31 bits per heavy atom. The van der Waals surface area contributed by atoms with Crippen LogP contribution < -0.4 is 14.8 Å².